The van der Waals surface area contributed by atoms with Crippen molar-refractivity contribution in [2.75, 3.05) is 11.6 Å². The van der Waals surface area contributed by atoms with Gasteiger partial charge in [0, 0.05) is 6.54 Å². The lowest BCUT2D eigenvalue weighted by Gasteiger charge is -2.08. The highest BCUT2D eigenvalue weighted by molar-refractivity contribution is 5.66. The van der Waals surface area contributed by atoms with Crippen molar-refractivity contribution in [3.05, 3.63) is 23.8 Å². The van der Waals surface area contributed by atoms with Gasteiger partial charge in [0.15, 0.2) is 6.73 Å². The normalized spacial score (nSPS) is 14.6. The van der Waals surface area contributed by atoms with Crippen LogP contribution in [0.25, 0.3) is 0 Å². The topological polar surface area (TPSA) is 49.8 Å². The Balaban J connectivity index is 0.000000196. The molecule has 0 saturated carbocycles. The molecule has 2 heterocycles. The van der Waals surface area contributed by atoms with Gasteiger partial charge in [-0.2, -0.15) is 0 Å². The largest absolute Gasteiger partial charge is 0.483 e. The van der Waals surface area contributed by atoms with E-state index in [-0.39, 0.29) is 6.47 Å². The van der Waals surface area contributed by atoms with Crippen LogP contribution in [0.15, 0.2) is 18.2 Å². The number of hydrogen-bond acceptors (Lipinski definition) is 3. The van der Waals surface area contributed by atoms with Crippen LogP contribution in [0.4, 0.5) is 5.69 Å². The molecule has 0 saturated heterocycles. The number of ether oxygens (including phenoxy) is 1. The monoisotopic (exact) mass is 179 g/mol. The Morgan fingerprint density at radius 2 is 2.31 bits per heavy atom. The second kappa shape index (κ2) is 2.97. The highest BCUT2D eigenvalue weighted by Gasteiger charge is 2.25. The number of carbonyl (C=O) groups is 1. The molecule has 0 radical (unpaired) electrons. The van der Waals surface area contributed by atoms with E-state index in [1.807, 2.05) is 0 Å². The van der Waals surface area contributed by atoms with E-state index in [4.69, 9.17) is 14.6 Å². The summed E-state index contributed by atoms with van der Waals surface area (Å²) >= 11 is 0. The van der Waals surface area contributed by atoms with Crippen molar-refractivity contribution >= 4 is 12.2 Å². The van der Waals surface area contributed by atoms with Crippen LogP contribution in [0.3, 0.4) is 0 Å². The summed E-state index contributed by atoms with van der Waals surface area (Å²) in [7, 11) is 0. The zero-order chi connectivity index (χ0) is 9.26. The maximum absolute atomic E-state index is 8.36. The average molecular weight is 179 g/mol. The van der Waals surface area contributed by atoms with Crippen LogP contribution in [0.1, 0.15) is 5.56 Å². The highest BCUT2D eigenvalue weighted by Crippen LogP contribution is 2.39. The molecular weight excluding hydrogens is 170 g/mol. The molecule has 13 heavy (non-hydrogen) atoms. The first-order valence-electron chi connectivity index (χ1n) is 3.93. The Kier molecular flexibility index (Phi) is 1.81. The fourth-order valence-electron chi connectivity index (χ4n) is 1.60. The first kappa shape index (κ1) is 7.91. The Morgan fingerprint density at radius 3 is 3.08 bits per heavy atom. The summed E-state index contributed by atoms with van der Waals surface area (Å²) in [4.78, 5) is 10.6. The Labute approximate surface area is 75.3 Å². The van der Waals surface area contributed by atoms with Crippen molar-refractivity contribution in [3.63, 3.8) is 0 Å². The van der Waals surface area contributed by atoms with Gasteiger partial charge in [0.2, 0.25) is 0 Å². The van der Waals surface area contributed by atoms with Crippen molar-refractivity contribution in [1.29, 1.82) is 0 Å². The smallest absolute Gasteiger partial charge is 0.290 e. The third-order valence-corrected chi connectivity index (χ3v) is 2.11. The lowest BCUT2D eigenvalue weighted by molar-refractivity contribution is -0.122. The van der Waals surface area contributed by atoms with Gasteiger partial charge >= 0.3 is 0 Å². The van der Waals surface area contributed by atoms with E-state index in [1.54, 1.807) is 0 Å². The fraction of sp³-hybridized carbons (Fsp3) is 0.222. The predicted molar refractivity (Wildman–Crippen MR) is 46.8 cm³/mol. The number of rotatable bonds is 0. The van der Waals surface area contributed by atoms with Crippen LogP contribution in [-0.2, 0) is 11.3 Å². The number of hydrogen-bond donors (Lipinski definition) is 1. The number of fused-ring (bicyclic) bond motifs is 1. The molecule has 2 aliphatic heterocycles. The SMILES string of the molecule is O=CO.c1cc2c3cc1CN3CO2. The summed E-state index contributed by atoms with van der Waals surface area (Å²) in [5.41, 5.74) is 2.68. The van der Waals surface area contributed by atoms with Crippen molar-refractivity contribution in [3.8, 4) is 5.75 Å². The third-order valence-electron chi connectivity index (χ3n) is 2.11. The summed E-state index contributed by atoms with van der Waals surface area (Å²) in [5, 5.41) is 6.89. The molecule has 0 fully saturated rings. The van der Waals surface area contributed by atoms with Gasteiger partial charge in [-0.15, -0.1) is 0 Å². The highest BCUT2D eigenvalue weighted by atomic mass is 16.5. The quantitative estimate of drug-likeness (QED) is 0.605. The molecular formula is C9H9NO3. The summed E-state index contributed by atoms with van der Waals surface area (Å²) < 4.78 is 5.38. The fourth-order valence-corrected chi connectivity index (χ4v) is 1.60. The van der Waals surface area contributed by atoms with E-state index in [0.29, 0.717) is 0 Å². The van der Waals surface area contributed by atoms with E-state index >= 15 is 0 Å². The van der Waals surface area contributed by atoms with Gasteiger partial charge in [-0.3, -0.25) is 4.79 Å². The van der Waals surface area contributed by atoms with E-state index in [1.165, 1.54) is 11.3 Å². The van der Waals surface area contributed by atoms with Gasteiger partial charge in [0.1, 0.15) is 5.75 Å². The zero-order valence-electron chi connectivity index (χ0n) is 6.93. The van der Waals surface area contributed by atoms with Crippen molar-refractivity contribution < 1.29 is 14.6 Å². The van der Waals surface area contributed by atoms with Crippen LogP contribution < -0.4 is 9.64 Å². The zero-order valence-corrected chi connectivity index (χ0v) is 6.93. The van der Waals surface area contributed by atoms with Gasteiger partial charge in [-0.05, 0) is 17.7 Å². The molecule has 1 aromatic rings. The maximum Gasteiger partial charge on any atom is 0.290 e. The third kappa shape index (κ3) is 1.20. The van der Waals surface area contributed by atoms with Gasteiger partial charge in [-0.1, -0.05) is 6.07 Å². The van der Waals surface area contributed by atoms with Crippen LogP contribution in [-0.4, -0.2) is 18.3 Å². The molecule has 2 bridgehead atoms. The minimum Gasteiger partial charge on any atom is -0.483 e. The summed E-state index contributed by atoms with van der Waals surface area (Å²) in [6.45, 7) is 1.53. The van der Waals surface area contributed by atoms with Gasteiger partial charge in [0.25, 0.3) is 6.47 Å². The molecule has 68 valence electrons. The van der Waals surface area contributed by atoms with E-state index in [9.17, 15) is 0 Å². The molecule has 0 aromatic heterocycles. The number of nitrogens with zero attached hydrogens (tertiary/aromatic N) is 1. The average Bonchev–Trinajstić information content (AvgIpc) is 2.57. The summed E-state index contributed by atoms with van der Waals surface area (Å²) in [6.07, 6.45) is 0. The van der Waals surface area contributed by atoms with Crippen LogP contribution in [0.2, 0.25) is 0 Å². The van der Waals surface area contributed by atoms with Crippen molar-refractivity contribution in [2.45, 2.75) is 6.54 Å². The first-order valence-corrected chi connectivity index (χ1v) is 3.93. The second-order valence-electron chi connectivity index (χ2n) is 2.88. The molecule has 3 rings (SSSR count). The van der Waals surface area contributed by atoms with Crippen molar-refractivity contribution in [2.24, 2.45) is 0 Å². The summed E-state index contributed by atoms with van der Waals surface area (Å²) in [5.74, 6) is 1.04. The molecule has 2 aliphatic rings. The Hall–Kier alpha value is -1.71. The molecule has 4 nitrogen and oxygen atoms in total. The molecule has 0 amide bonds. The van der Waals surface area contributed by atoms with Gasteiger partial charge in [0.05, 0.1) is 5.69 Å². The minimum atomic E-state index is -0.250. The molecule has 0 aliphatic carbocycles. The molecule has 1 N–H and O–H groups in total. The Morgan fingerprint density at radius 1 is 1.54 bits per heavy atom. The Bertz CT molecular complexity index is 338. The molecule has 0 atom stereocenters. The van der Waals surface area contributed by atoms with E-state index < -0.39 is 0 Å². The summed E-state index contributed by atoms with van der Waals surface area (Å²) in [6, 6.07) is 6.37. The predicted octanol–water partition coefficient (Wildman–Crippen LogP) is 1.06. The van der Waals surface area contributed by atoms with Crippen LogP contribution in [0.5, 0.6) is 5.75 Å². The van der Waals surface area contributed by atoms with Crippen molar-refractivity contribution in [1.82, 2.24) is 0 Å². The maximum atomic E-state index is 8.36. The lowest BCUT2D eigenvalue weighted by atomic mass is 10.2. The van der Waals surface area contributed by atoms with Gasteiger partial charge in [-0.25, -0.2) is 0 Å². The minimum absolute atomic E-state index is 0.250. The molecule has 1 aromatic carbocycles. The van der Waals surface area contributed by atoms with Gasteiger partial charge < -0.3 is 14.7 Å². The van der Waals surface area contributed by atoms with Crippen LogP contribution in [0, 0.1) is 0 Å². The second-order valence-corrected chi connectivity index (χ2v) is 2.88. The molecule has 4 heteroatoms. The standard InChI is InChI=1S/C8H7NO.CH2O2/c1-2-8-7-3-6(1)4-9(7)5-10-8;2-1-3/h1-3H,4-5H2;1H,(H,2,3). The first-order chi connectivity index (χ1) is 6.35. The van der Waals surface area contributed by atoms with E-state index in [2.05, 4.69) is 23.1 Å². The number of benzene rings is 1. The number of carboxylic acid groups (broad SMARTS) is 1. The van der Waals surface area contributed by atoms with E-state index in [0.717, 1.165) is 19.0 Å². The van der Waals surface area contributed by atoms with Crippen LogP contribution >= 0.6 is 0 Å². The lowest BCUT2D eigenvalue weighted by Crippen LogP contribution is -2.17. The number of anilines is 1. The molecule has 0 unspecified atom stereocenters. The molecule has 0 spiro atoms.